The Morgan fingerprint density at radius 1 is 1.35 bits per heavy atom. The number of aliphatic hydroxyl groups is 1. The van der Waals surface area contributed by atoms with Crippen LogP contribution < -0.4 is 5.32 Å². The molecule has 2 nitrogen and oxygen atoms in total. The highest BCUT2D eigenvalue weighted by Crippen LogP contribution is 2.52. The predicted molar refractivity (Wildman–Crippen MR) is 71.1 cm³/mol. The van der Waals surface area contributed by atoms with E-state index in [-0.39, 0.29) is 18.1 Å². The van der Waals surface area contributed by atoms with Crippen LogP contribution in [0.3, 0.4) is 0 Å². The van der Waals surface area contributed by atoms with Gasteiger partial charge in [-0.1, -0.05) is 44.2 Å². The lowest BCUT2D eigenvalue weighted by atomic mass is 9.56. The lowest BCUT2D eigenvalue weighted by molar-refractivity contribution is 0.0544. The molecule has 0 aliphatic heterocycles. The van der Waals surface area contributed by atoms with Crippen molar-refractivity contribution in [3.63, 3.8) is 0 Å². The van der Waals surface area contributed by atoms with Gasteiger partial charge in [0.2, 0.25) is 0 Å². The third kappa shape index (κ3) is 2.38. The van der Waals surface area contributed by atoms with Crippen LogP contribution in [0.25, 0.3) is 0 Å². The third-order valence-corrected chi connectivity index (χ3v) is 4.23. The Balaban J connectivity index is 2.02. The molecule has 2 N–H and O–H groups in total. The van der Waals surface area contributed by atoms with Crippen molar-refractivity contribution >= 4 is 0 Å². The molecule has 0 spiro atoms. The van der Waals surface area contributed by atoms with Crippen LogP contribution in [-0.4, -0.2) is 23.8 Å². The van der Waals surface area contributed by atoms with E-state index in [0.717, 1.165) is 0 Å². The molecule has 1 aromatic rings. The molecule has 0 aromatic heterocycles. The first kappa shape index (κ1) is 12.6. The Labute approximate surface area is 104 Å². The maximum atomic E-state index is 9.09. The first-order chi connectivity index (χ1) is 8.05. The van der Waals surface area contributed by atoms with Crippen LogP contribution in [0.15, 0.2) is 30.3 Å². The Morgan fingerprint density at radius 3 is 2.53 bits per heavy atom. The molecule has 2 heteroatoms. The number of hydrogen-bond acceptors (Lipinski definition) is 2. The standard InChI is InChI=1S/C15H23NO/c1-11(10-17)16-14-9-13(15(14,2)3)12-7-5-4-6-8-12/h4-8,11,13-14,16-17H,9-10H2,1-3H3/t11-,13-,14-/m1/s1. The monoisotopic (exact) mass is 233 g/mol. The molecular formula is C15H23NO. The second-order valence-corrected chi connectivity index (χ2v) is 5.82. The van der Waals surface area contributed by atoms with Gasteiger partial charge in [-0.3, -0.25) is 0 Å². The van der Waals surface area contributed by atoms with Crippen LogP contribution in [-0.2, 0) is 0 Å². The van der Waals surface area contributed by atoms with Crippen LogP contribution >= 0.6 is 0 Å². The van der Waals surface area contributed by atoms with Gasteiger partial charge >= 0.3 is 0 Å². The molecule has 1 saturated carbocycles. The molecular weight excluding hydrogens is 210 g/mol. The average Bonchev–Trinajstić information content (AvgIpc) is 2.34. The molecule has 1 aromatic carbocycles. The van der Waals surface area contributed by atoms with Crippen molar-refractivity contribution in [2.45, 2.75) is 45.2 Å². The molecule has 0 amide bonds. The fourth-order valence-corrected chi connectivity index (χ4v) is 2.86. The van der Waals surface area contributed by atoms with E-state index in [1.165, 1.54) is 12.0 Å². The summed E-state index contributed by atoms with van der Waals surface area (Å²) in [7, 11) is 0. The summed E-state index contributed by atoms with van der Waals surface area (Å²) in [4.78, 5) is 0. The maximum absolute atomic E-state index is 9.09. The van der Waals surface area contributed by atoms with Crippen molar-refractivity contribution in [2.24, 2.45) is 5.41 Å². The highest BCUT2D eigenvalue weighted by Gasteiger charge is 2.48. The number of nitrogens with one attached hydrogen (secondary N) is 1. The molecule has 0 unspecified atom stereocenters. The minimum atomic E-state index is 0.191. The van der Waals surface area contributed by atoms with Gasteiger partial charge in [-0.15, -0.1) is 0 Å². The van der Waals surface area contributed by atoms with Crippen LogP contribution in [0.1, 0.15) is 38.7 Å². The number of benzene rings is 1. The van der Waals surface area contributed by atoms with E-state index in [4.69, 9.17) is 5.11 Å². The van der Waals surface area contributed by atoms with E-state index < -0.39 is 0 Å². The molecule has 1 aliphatic carbocycles. The molecule has 2 rings (SSSR count). The van der Waals surface area contributed by atoms with E-state index in [9.17, 15) is 0 Å². The van der Waals surface area contributed by atoms with Crippen molar-refractivity contribution in [3.05, 3.63) is 35.9 Å². The van der Waals surface area contributed by atoms with E-state index >= 15 is 0 Å². The smallest absolute Gasteiger partial charge is 0.0582 e. The SMILES string of the molecule is C[C@H](CO)N[C@@H]1C[C@H](c2ccccc2)C1(C)C. The van der Waals surface area contributed by atoms with Gasteiger partial charge in [0.15, 0.2) is 0 Å². The Bertz CT molecular complexity index is 360. The summed E-state index contributed by atoms with van der Waals surface area (Å²) in [6, 6.07) is 11.4. The van der Waals surface area contributed by atoms with Gasteiger partial charge < -0.3 is 10.4 Å². The summed E-state index contributed by atoms with van der Waals surface area (Å²) >= 11 is 0. The molecule has 0 bridgehead atoms. The summed E-state index contributed by atoms with van der Waals surface area (Å²) in [5, 5.41) is 12.6. The first-order valence-electron chi connectivity index (χ1n) is 6.47. The first-order valence-corrected chi connectivity index (χ1v) is 6.47. The Hall–Kier alpha value is -0.860. The maximum Gasteiger partial charge on any atom is 0.0582 e. The summed E-state index contributed by atoms with van der Waals surface area (Å²) in [6.45, 7) is 6.88. The third-order valence-electron chi connectivity index (χ3n) is 4.23. The normalized spacial score (nSPS) is 28.5. The summed E-state index contributed by atoms with van der Waals surface area (Å²) in [5.74, 6) is 0.632. The number of aliphatic hydroxyl groups excluding tert-OH is 1. The van der Waals surface area contributed by atoms with Gasteiger partial charge in [0.05, 0.1) is 6.61 Å². The van der Waals surface area contributed by atoms with E-state index in [1.54, 1.807) is 0 Å². The summed E-state index contributed by atoms with van der Waals surface area (Å²) in [5.41, 5.74) is 1.71. The van der Waals surface area contributed by atoms with E-state index in [2.05, 4.69) is 49.5 Å². The van der Waals surface area contributed by atoms with Crippen molar-refractivity contribution in [1.29, 1.82) is 0 Å². The number of rotatable bonds is 4. The molecule has 0 radical (unpaired) electrons. The fraction of sp³-hybridized carbons (Fsp3) is 0.600. The minimum absolute atomic E-state index is 0.191. The zero-order valence-corrected chi connectivity index (χ0v) is 11.0. The quantitative estimate of drug-likeness (QED) is 0.837. The van der Waals surface area contributed by atoms with Crippen molar-refractivity contribution < 1.29 is 5.11 Å². The topological polar surface area (TPSA) is 32.3 Å². The van der Waals surface area contributed by atoms with Gasteiger partial charge in [0.25, 0.3) is 0 Å². The van der Waals surface area contributed by atoms with Gasteiger partial charge in [-0.05, 0) is 30.2 Å². The van der Waals surface area contributed by atoms with Crippen LogP contribution in [0.5, 0.6) is 0 Å². The minimum Gasteiger partial charge on any atom is -0.395 e. The Morgan fingerprint density at radius 2 is 2.00 bits per heavy atom. The van der Waals surface area contributed by atoms with Crippen molar-refractivity contribution in [2.75, 3.05) is 6.61 Å². The molecule has 94 valence electrons. The second kappa shape index (κ2) is 4.79. The molecule has 17 heavy (non-hydrogen) atoms. The number of hydrogen-bond donors (Lipinski definition) is 2. The average molecular weight is 233 g/mol. The summed E-state index contributed by atoms with van der Waals surface area (Å²) in [6.07, 6.45) is 1.17. The van der Waals surface area contributed by atoms with E-state index in [0.29, 0.717) is 12.0 Å². The van der Waals surface area contributed by atoms with Gasteiger partial charge in [-0.25, -0.2) is 0 Å². The van der Waals surface area contributed by atoms with Crippen LogP contribution in [0.4, 0.5) is 0 Å². The summed E-state index contributed by atoms with van der Waals surface area (Å²) < 4.78 is 0. The largest absolute Gasteiger partial charge is 0.395 e. The zero-order chi connectivity index (χ0) is 12.5. The molecule has 1 aliphatic rings. The second-order valence-electron chi connectivity index (χ2n) is 5.82. The Kier molecular flexibility index (Phi) is 3.55. The molecule has 0 saturated heterocycles. The molecule has 0 heterocycles. The van der Waals surface area contributed by atoms with Crippen molar-refractivity contribution in [1.82, 2.24) is 5.32 Å². The molecule has 3 atom stereocenters. The van der Waals surface area contributed by atoms with Gasteiger partial charge in [0.1, 0.15) is 0 Å². The lowest BCUT2D eigenvalue weighted by Gasteiger charge is -2.53. The fourth-order valence-electron chi connectivity index (χ4n) is 2.86. The zero-order valence-electron chi connectivity index (χ0n) is 11.0. The van der Waals surface area contributed by atoms with Gasteiger partial charge in [-0.2, -0.15) is 0 Å². The van der Waals surface area contributed by atoms with Crippen LogP contribution in [0.2, 0.25) is 0 Å². The molecule has 1 fully saturated rings. The highest BCUT2D eigenvalue weighted by molar-refractivity contribution is 5.27. The lowest BCUT2D eigenvalue weighted by Crippen LogP contribution is -2.58. The predicted octanol–water partition coefficient (Wildman–Crippen LogP) is 2.54. The van der Waals surface area contributed by atoms with Crippen LogP contribution in [0, 0.1) is 5.41 Å². The van der Waals surface area contributed by atoms with E-state index in [1.807, 2.05) is 6.92 Å². The van der Waals surface area contributed by atoms with Gasteiger partial charge in [0, 0.05) is 12.1 Å². The van der Waals surface area contributed by atoms with Crippen molar-refractivity contribution in [3.8, 4) is 0 Å². The highest BCUT2D eigenvalue weighted by atomic mass is 16.3.